The topological polar surface area (TPSA) is 73.6 Å². The number of hydrogen-bond donors (Lipinski definition) is 1. The van der Waals surface area contributed by atoms with Crippen LogP contribution in [-0.2, 0) is 11.3 Å². The molecule has 0 aliphatic carbocycles. The molecule has 0 heterocycles. The summed E-state index contributed by atoms with van der Waals surface area (Å²) in [5.41, 5.74) is 0.856. The van der Waals surface area contributed by atoms with Gasteiger partial charge in [-0.15, -0.1) is 0 Å². The molecular weight excluding hydrogens is 260 g/mol. The number of nitro benzene ring substituents is 1. The molecular formula is C14H22N2O4. The maximum Gasteiger partial charge on any atom is 0.311 e. The van der Waals surface area contributed by atoms with Crippen LogP contribution in [0.1, 0.15) is 26.3 Å². The van der Waals surface area contributed by atoms with Crippen molar-refractivity contribution in [2.45, 2.75) is 33.4 Å². The van der Waals surface area contributed by atoms with Crippen LogP contribution in [0.3, 0.4) is 0 Å². The standard InChI is InChI=1S/C14H22N2O4/c1-4-15-10-12-5-6-14(13(9-12)16(17)18)20-8-7-19-11(2)3/h5-6,9,11,15H,4,7-8,10H2,1-3H3. The number of benzene rings is 1. The van der Waals surface area contributed by atoms with Crippen molar-refractivity contribution in [1.29, 1.82) is 0 Å². The van der Waals surface area contributed by atoms with Crippen molar-refractivity contribution in [1.82, 2.24) is 5.32 Å². The number of hydrogen-bond acceptors (Lipinski definition) is 5. The Morgan fingerprint density at radius 2 is 2.10 bits per heavy atom. The fraction of sp³-hybridized carbons (Fsp3) is 0.571. The van der Waals surface area contributed by atoms with Gasteiger partial charge in [-0.25, -0.2) is 0 Å². The van der Waals surface area contributed by atoms with E-state index in [2.05, 4.69) is 5.32 Å². The van der Waals surface area contributed by atoms with Gasteiger partial charge in [0.25, 0.3) is 0 Å². The summed E-state index contributed by atoms with van der Waals surface area (Å²) in [7, 11) is 0. The molecule has 0 aliphatic rings. The maximum atomic E-state index is 11.1. The average molecular weight is 282 g/mol. The predicted molar refractivity (Wildman–Crippen MR) is 77.1 cm³/mol. The predicted octanol–water partition coefficient (Wildman–Crippen LogP) is 2.51. The Bertz CT molecular complexity index is 435. The molecule has 6 heteroatoms. The highest BCUT2D eigenvalue weighted by molar-refractivity contribution is 5.48. The smallest absolute Gasteiger partial charge is 0.311 e. The zero-order valence-corrected chi connectivity index (χ0v) is 12.2. The first-order valence-corrected chi connectivity index (χ1v) is 6.77. The van der Waals surface area contributed by atoms with Gasteiger partial charge in [0, 0.05) is 12.6 Å². The lowest BCUT2D eigenvalue weighted by Crippen LogP contribution is -2.13. The van der Waals surface area contributed by atoms with Crippen LogP contribution in [0, 0.1) is 10.1 Å². The van der Waals surface area contributed by atoms with E-state index in [-0.39, 0.29) is 17.5 Å². The van der Waals surface area contributed by atoms with Crippen LogP contribution in [-0.4, -0.2) is 30.8 Å². The van der Waals surface area contributed by atoms with Crippen molar-refractivity contribution < 1.29 is 14.4 Å². The van der Waals surface area contributed by atoms with Crippen molar-refractivity contribution in [3.05, 3.63) is 33.9 Å². The van der Waals surface area contributed by atoms with Gasteiger partial charge in [-0.1, -0.05) is 13.0 Å². The molecule has 0 amide bonds. The van der Waals surface area contributed by atoms with Gasteiger partial charge in [0.15, 0.2) is 5.75 Å². The zero-order chi connectivity index (χ0) is 15.0. The second kappa shape index (κ2) is 8.50. The maximum absolute atomic E-state index is 11.1. The van der Waals surface area contributed by atoms with E-state index in [4.69, 9.17) is 9.47 Å². The highest BCUT2D eigenvalue weighted by atomic mass is 16.6. The molecule has 1 N–H and O–H groups in total. The minimum absolute atomic E-state index is 0.00931. The Morgan fingerprint density at radius 3 is 2.70 bits per heavy atom. The quantitative estimate of drug-likeness (QED) is 0.428. The number of ether oxygens (including phenoxy) is 2. The van der Waals surface area contributed by atoms with Crippen molar-refractivity contribution in [3.63, 3.8) is 0 Å². The molecule has 0 saturated heterocycles. The molecule has 0 aromatic heterocycles. The van der Waals surface area contributed by atoms with E-state index < -0.39 is 4.92 Å². The Labute approximate surface area is 119 Å². The number of nitrogens with one attached hydrogen (secondary N) is 1. The lowest BCUT2D eigenvalue weighted by atomic mass is 10.2. The minimum Gasteiger partial charge on any atom is -0.484 e. The highest BCUT2D eigenvalue weighted by Crippen LogP contribution is 2.27. The number of nitrogens with zero attached hydrogens (tertiary/aromatic N) is 1. The Balaban J connectivity index is 2.67. The van der Waals surface area contributed by atoms with Gasteiger partial charge in [0.05, 0.1) is 17.6 Å². The van der Waals surface area contributed by atoms with Gasteiger partial charge in [-0.2, -0.15) is 0 Å². The second-order valence-electron chi connectivity index (χ2n) is 4.61. The first-order valence-electron chi connectivity index (χ1n) is 6.77. The van der Waals surface area contributed by atoms with Crippen LogP contribution in [0.25, 0.3) is 0 Å². The van der Waals surface area contributed by atoms with Gasteiger partial charge in [-0.05, 0) is 32.0 Å². The summed E-state index contributed by atoms with van der Waals surface area (Å²) in [5.74, 6) is 0.280. The molecule has 0 radical (unpaired) electrons. The van der Waals surface area contributed by atoms with E-state index in [1.165, 1.54) is 0 Å². The Morgan fingerprint density at radius 1 is 1.35 bits per heavy atom. The summed E-state index contributed by atoms with van der Waals surface area (Å²) < 4.78 is 10.8. The first kappa shape index (κ1) is 16.4. The molecule has 0 unspecified atom stereocenters. The summed E-state index contributed by atoms with van der Waals surface area (Å²) in [4.78, 5) is 10.6. The van der Waals surface area contributed by atoms with Gasteiger partial charge in [0.1, 0.15) is 6.61 Å². The third kappa shape index (κ3) is 5.54. The van der Waals surface area contributed by atoms with E-state index in [0.29, 0.717) is 19.8 Å². The average Bonchev–Trinajstić information content (AvgIpc) is 2.41. The Kier molecular flexibility index (Phi) is 6.97. The third-order valence-corrected chi connectivity index (χ3v) is 2.59. The lowest BCUT2D eigenvalue weighted by Gasteiger charge is -2.10. The molecule has 0 spiro atoms. The first-order chi connectivity index (χ1) is 9.54. The van der Waals surface area contributed by atoms with Crippen molar-refractivity contribution in [2.75, 3.05) is 19.8 Å². The monoisotopic (exact) mass is 282 g/mol. The van der Waals surface area contributed by atoms with Crippen molar-refractivity contribution in [2.24, 2.45) is 0 Å². The fourth-order valence-corrected chi connectivity index (χ4v) is 1.64. The SMILES string of the molecule is CCNCc1ccc(OCCOC(C)C)c([N+](=O)[O-])c1. The van der Waals surface area contributed by atoms with Crippen LogP contribution in [0.4, 0.5) is 5.69 Å². The molecule has 6 nitrogen and oxygen atoms in total. The molecule has 0 atom stereocenters. The van der Waals surface area contributed by atoms with E-state index >= 15 is 0 Å². The second-order valence-corrected chi connectivity index (χ2v) is 4.61. The van der Waals surface area contributed by atoms with Gasteiger partial charge in [-0.3, -0.25) is 10.1 Å². The summed E-state index contributed by atoms with van der Waals surface area (Å²) in [6.07, 6.45) is 0.121. The molecule has 1 aromatic carbocycles. The van der Waals surface area contributed by atoms with Crippen molar-refractivity contribution in [3.8, 4) is 5.75 Å². The lowest BCUT2D eigenvalue weighted by molar-refractivity contribution is -0.386. The van der Waals surface area contributed by atoms with Gasteiger partial charge in [0.2, 0.25) is 0 Å². The molecule has 0 fully saturated rings. The van der Waals surface area contributed by atoms with E-state index in [1.54, 1.807) is 12.1 Å². The fourth-order valence-electron chi connectivity index (χ4n) is 1.64. The molecule has 1 rings (SSSR count). The minimum atomic E-state index is -0.423. The molecule has 1 aromatic rings. The van der Waals surface area contributed by atoms with E-state index in [1.807, 2.05) is 26.8 Å². The molecule has 0 aliphatic heterocycles. The number of nitro groups is 1. The largest absolute Gasteiger partial charge is 0.484 e. The molecule has 0 saturated carbocycles. The van der Waals surface area contributed by atoms with Crippen LogP contribution in [0.15, 0.2) is 18.2 Å². The van der Waals surface area contributed by atoms with Crippen LogP contribution >= 0.6 is 0 Å². The van der Waals surface area contributed by atoms with Crippen LogP contribution in [0.2, 0.25) is 0 Å². The van der Waals surface area contributed by atoms with Crippen LogP contribution in [0.5, 0.6) is 5.75 Å². The normalized spacial score (nSPS) is 10.8. The van der Waals surface area contributed by atoms with Gasteiger partial charge < -0.3 is 14.8 Å². The molecule has 20 heavy (non-hydrogen) atoms. The molecule has 0 bridgehead atoms. The van der Waals surface area contributed by atoms with E-state index in [0.717, 1.165) is 12.1 Å². The zero-order valence-electron chi connectivity index (χ0n) is 12.2. The number of rotatable bonds is 9. The third-order valence-electron chi connectivity index (χ3n) is 2.59. The Hall–Kier alpha value is -1.66. The van der Waals surface area contributed by atoms with Crippen LogP contribution < -0.4 is 10.1 Å². The summed E-state index contributed by atoms with van der Waals surface area (Å²) in [6.45, 7) is 7.97. The summed E-state index contributed by atoms with van der Waals surface area (Å²) >= 11 is 0. The van der Waals surface area contributed by atoms with Crippen molar-refractivity contribution >= 4 is 5.69 Å². The summed E-state index contributed by atoms with van der Waals surface area (Å²) in [6, 6.07) is 5.01. The van der Waals surface area contributed by atoms with Gasteiger partial charge >= 0.3 is 5.69 Å². The highest BCUT2D eigenvalue weighted by Gasteiger charge is 2.15. The van der Waals surface area contributed by atoms with E-state index in [9.17, 15) is 10.1 Å². The summed E-state index contributed by atoms with van der Waals surface area (Å²) in [5, 5.41) is 14.2. The molecule has 112 valence electrons.